The average molecular weight is 719 g/mol. The number of cyclic esters (lactones) is 2. The van der Waals surface area contributed by atoms with Gasteiger partial charge in [-0.1, -0.05) is 24.0 Å². The molecular weight excluding hydrogens is 685 g/mol. The number of hydrogen-bond acceptors (Lipinski definition) is 10. The maximum atomic E-state index is 14.6. The third-order valence-electron chi connectivity index (χ3n) is 7.71. The maximum Gasteiger partial charge on any atom is 0.508 e. The molecule has 5 rings (SSSR count). The molecule has 9 nitrogen and oxygen atoms in total. The van der Waals surface area contributed by atoms with Gasteiger partial charge in [0.25, 0.3) is 0 Å². The lowest BCUT2D eigenvalue weighted by atomic mass is 10.0. The smallest absolute Gasteiger partial charge is 0.482 e. The van der Waals surface area contributed by atoms with Gasteiger partial charge in [-0.3, -0.25) is 4.90 Å². The van der Waals surface area contributed by atoms with Crippen molar-refractivity contribution in [2.24, 2.45) is 0 Å². The van der Waals surface area contributed by atoms with Crippen LogP contribution >= 0.6 is 11.3 Å². The van der Waals surface area contributed by atoms with Crippen molar-refractivity contribution in [1.82, 2.24) is 4.90 Å². The minimum Gasteiger partial charge on any atom is -0.482 e. The van der Waals surface area contributed by atoms with E-state index in [0.717, 1.165) is 49.4 Å². The van der Waals surface area contributed by atoms with E-state index in [-0.39, 0.29) is 66.0 Å². The van der Waals surface area contributed by atoms with Crippen LogP contribution in [0.3, 0.4) is 0 Å². The molecule has 17 heteroatoms. The molecule has 1 aromatic heterocycles. The van der Waals surface area contributed by atoms with E-state index in [2.05, 4.69) is 32.7 Å². The highest BCUT2D eigenvalue weighted by Crippen LogP contribution is 2.40. The topological polar surface area (TPSA) is 104 Å². The molecule has 2 aliphatic heterocycles. The van der Waals surface area contributed by atoms with Crippen molar-refractivity contribution in [3.05, 3.63) is 46.6 Å². The summed E-state index contributed by atoms with van der Waals surface area (Å²) in [6.07, 6.45) is -9.89. The summed E-state index contributed by atoms with van der Waals surface area (Å²) in [5.74, 6) is 4.31. The standard InChI is InChI=1S/C32H33F7N4O5S/c33-23-13-26(27(47-18-32(37,38)39)14-25(23)41-9-12-44)40-8-2-5-28-22(15-31(34,35)36)21-3-1-4-24(29(21)49-28)42-19-6-10-43(11-7-19)16-20-17-46-30(45)48-20/h1,3-4,13-14,19-20,40-42,44H,6-12,15-18H2. The number of ether oxygens (including phenoxy) is 3. The number of rotatable bonds is 12. The lowest BCUT2D eigenvalue weighted by Gasteiger charge is -2.33. The van der Waals surface area contributed by atoms with Crippen LogP contribution in [0.25, 0.3) is 10.1 Å². The number of nitrogens with one attached hydrogen (secondary N) is 3. The van der Waals surface area contributed by atoms with Crippen LogP contribution in [-0.4, -0.2) is 93.2 Å². The van der Waals surface area contributed by atoms with Crippen molar-refractivity contribution in [1.29, 1.82) is 0 Å². The minimum absolute atomic E-state index is 0.00588. The number of hydrogen-bond donors (Lipinski definition) is 4. The van der Waals surface area contributed by atoms with E-state index in [1.165, 1.54) is 0 Å². The van der Waals surface area contributed by atoms with Crippen LogP contribution in [0.2, 0.25) is 0 Å². The van der Waals surface area contributed by atoms with E-state index < -0.39 is 37.4 Å². The normalized spacial score (nSPS) is 17.3. The van der Waals surface area contributed by atoms with E-state index in [4.69, 9.17) is 19.3 Å². The number of benzene rings is 2. The number of thiophene rings is 1. The van der Waals surface area contributed by atoms with Gasteiger partial charge < -0.3 is 35.3 Å². The molecular formula is C32H33F7N4O5S. The molecule has 0 aliphatic carbocycles. The van der Waals surface area contributed by atoms with Gasteiger partial charge in [-0.25, -0.2) is 9.18 Å². The molecule has 266 valence electrons. The van der Waals surface area contributed by atoms with E-state index >= 15 is 0 Å². The number of nitrogens with zero attached hydrogens (tertiary/aromatic N) is 1. The zero-order chi connectivity index (χ0) is 35.2. The third-order valence-corrected chi connectivity index (χ3v) is 8.91. The Morgan fingerprint density at radius 2 is 1.82 bits per heavy atom. The van der Waals surface area contributed by atoms with E-state index in [1.807, 2.05) is 0 Å². The van der Waals surface area contributed by atoms with E-state index in [0.29, 0.717) is 22.3 Å². The van der Waals surface area contributed by atoms with Gasteiger partial charge in [0.15, 0.2) is 12.7 Å². The largest absolute Gasteiger partial charge is 0.508 e. The van der Waals surface area contributed by atoms with Crippen LogP contribution < -0.4 is 20.7 Å². The lowest BCUT2D eigenvalue weighted by molar-refractivity contribution is -0.153. The molecule has 49 heavy (non-hydrogen) atoms. The fourth-order valence-electron chi connectivity index (χ4n) is 5.54. The first kappa shape index (κ1) is 36.1. The summed E-state index contributed by atoms with van der Waals surface area (Å²) in [6.45, 7) is -0.0858. The average Bonchev–Trinajstić information content (AvgIpc) is 3.60. The van der Waals surface area contributed by atoms with Crippen molar-refractivity contribution in [3.63, 3.8) is 0 Å². The minimum atomic E-state index is -4.67. The highest BCUT2D eigenvalue weighted by molar-refractivity contribution is 7.20. The quantitative estimate of drug-likeness (QED) is 0.0968. The Hall–Kier alpha value is -4.14. The van der Waals surface area contributed by atoms with Crippen LogP contribution in [0.1, 0.15) is 23.3 Å². The van der Waals surface area contributed by atoms with E-state index in [1.54, 1.807) is 18.2 Å². The fraction of sp³-hybridized carbons (Fsp3) is 0.469. The number of aliphatic hydroxyl groups excluding tert-OH is 1. The second-order valence-electron chi connectivity index (χ2n) is 11.4. The zero-order valence-corrected chi connectivity index (χ0v) is 26.7. The maximum absolute atomic E-state index is 14.6. The number of piperidine rings is 1. The molecule has 0 radical (unpaired) electrons. The van der Waals surface area contributed by atoms with Crippen LogP contribution in [0, 0.1) is 17.7 Å². The molecule has 3 aromatic rings. The van der Waals surface area contributed by atoms with Crippen molar-refractivity contribution in [2.75, 3.05) is 68.5 Å². The molecule has 0 bridgehead atoms. The van der Waals surface area contributed by atoms with E-state index in [9.17, 15) is 35.5 Å². The number of alkyl halides is 6. The van der Waals surface area contributed by atoms with Crippen molar-refractivity contribution < 1.29 is 54.8 Å². The summed E-state index contributed by atoms with van der Waals surface area (Å²) in [7, 11) is 0. The first-order valence-electron chi connectivity index (χ1n) is 15.3. The van der Waals surface area contributed by atoms with Crippen LogP contribution in [0.5, 0.6) is 5.75 Å². The summed E-state index contributed by atoms with van der Waals surface area (Å²) in [5.41, 5.74) is 0.343. The SMILES string of the molecule is O=C1OCC(CN2CCC(Nc3cccc4c(CC(F)(F)F)c(C#CCNc5cc(F)c(NCCO)cc5OCC(F)(F)F)sc34)CC2)O1. The number of carbonyl (C=O) groups excluding carboxylic acids is 1. The predicted octanol–water partition coefficient (Wildman–Crippen LogP) is 6.37. The Labute approximate surface area is 280 Å². The Bertz CT molecular complexity index is 1680. The monoisotopic (exact) mass is 718 g/mol. The zero-order valence-electron chi connectivity index (χ0n) is 25.9. The number of fused-ring (bicyclic) bond motifs is 1. The van der Waals surface area contributed by atoms with Crippen molar-refractivity contribution >= 4 is 44.6 Å². The number of likely N-dealkylation sites (tertiary alicyclic amines) is 1. The molecule has 1 unspecified atom stereocenters. The molecule has 2 aromatic carbocycles. The van der Waals surface area contributed by atoms with Gasteiger partial charge >= 0.3 is 18.5 Å². The number of halogens is 7. The second-order valence-corrected chi connectivity index (χ2v) is 12.5. The number of anilines is 3. The van der Waals surface area contributed by atoms with Crippen molar-refractivity contribution in [2.45, 2.75) is 43.8 Å². The molecule has 2 fully saturated rings. The Kier molecular flexibility index (Phi) is 11.5. The van der Waals surface area contributed by atoms with Crippen LogP contribution in [0.4, 0.5) is 52.6 Å². The number of carbonyl (C=O) groups is 1. The first-order valence-corrected chi connectivity index (χ1v) is 16.1. The molecule has 2 saturated heterocycles. The van der Waals surface area contributed by atoms with Gasteiger partial charge in [0.2, 0.25) is 0 Å². The van der Waals surface area contributed by atoms with Gasteiger partial charge in [0.1, 0.15) is 18.2 Å². The Morgan fingerprint density at radius 1 is 1.04 bits per heavy atom. The van der Waals surface area contributed by atoms with Gasteiger partial charge in [-0.05, 0) is 29.9 Å². The highest BCUT2D eigenvalue weighted by Gasteiger charge is 2.32. The lowest BCUT2D eigenvalue weighted by Crippen LogP contribution is -2.43. The molecule has 3 heterocycles. The molecule has 0 spiro atoms. The van der Waals surface area contributed by atoms with Crippen molar-refractivity contribution in [3.8, 4) is 17.6 Å². The fourth-order valence-corrected chi connectivity index (χ4v) is 6.72. The predicted molar refractivity (Wildman–Crippen MR) is 170 cm³/mol. The summed E-state index contributed by atoms with van der Waals surface area (Å²) in [6, 6.07) is 7.05. The summed E-state index contributed by atoms with van der Waals surface area (Å²) in [4.78, 5) is 13.5. The second kappa shape index (κ2) is 15.6. The number of aliphatic hydroxyl groups is 1. The van der Waals surface area contributed by atoms with Gasteiger partial charge in [0, 0.05) is 44.4 Å². The van der Waals surface area contributed by atoms with Gasteiger partial charge in [-0.15, -0.1) is 11.3 Å². The molecule has 1 atom stereocenters. The molecule has 4 N–H and O–H groups in total. The third kappa shape index (κ3) is 10.2. The Balaban J connectivity index is 1.31. The summed E-state index contributed by atoms with van der Waals surface area (Å²) in [5, 5.41) is 18.1. The van der Waals surface area contributed by atoms with Gasteiger partial charge in [0.05, 0.1) is 46.2 Å². The van der Waals surface area contributed by atoms with Gasteiger partial charge in [-0.2, -0.15) is 26.3 Å². The molecule has 2 aliphatic rings. The summed E-state index contributed by atoms with van der Waals surface area (Å²) >= 11 is 1.10. The Morgan fingerprint density at radius 3 is 2.49 bits per heavy atom. The molecule has 0 amide bonds. The molecule has 0 saturated carbocycles. The highest BCUT2D eigenvalue weighted by atomic mass is 32.1. The first-order chi connectivity index (χ1) is 23.3. The summed E-state index contributed by atoms with van der Waals surface area (Å²) < 4.78 is 110. The van der Waals surface area contributed by atoms with Crippen LogP contribution in [-0.2, 0) is 15.9 Å². The van der Waals surface area contributed by atoms with Crippen LogP contribution in [0.15, 0.2) is 30.3 Å².